The van der Waals surface area contributed by atoms with Crippen molar-refractivity contribution in [2.24, 2.45) is 0 Å². The summed E-state index contributed by atoms with van der Waals surface area (Å²) in [7, 11) is 0. The molecule has 0 aliphatic carbocycles. The lowest BCUT2D eigenvalue weighted by Crippen LogP contribution is -1.96. The first-order valence-electron chi connectivity index (χ1n) is 6.50. The number of aromatic nitrogens is 4. The number of nitrogens with one attached hydrogen (secondary N) is 1. The van der Waals surface area contributed by atoms with Crippen molar-refractivity contribution in [2.75, 3.05) is 11.9 Å². The van der Waals surface area contributed by atoms with Crippen LogP contribution < -0.4 is 5.32 Å². The summed E-state index contributed by atoms with van der Waals surface area (Å²) in [6, 6.07) is 4.10. The minimum absolute atomic E-state index is 0.699. The van der Waals surface area contributed by atoms with Gasteiger partial charge in [-0.2, -0.15) is 0 Å². The van der Waals surface area contributed by atoms with Crippen molar-refractivity contribution in [3.63, 3.8) is 0 Å². The molecule has 0 radical (unpaired) electrons. The molecular formula is C14H15N5S2. The molecule has 21 heavy (non-hydrogen) atoms. The second kappa shape index (κ2) is 6.28. The number of fused-ring (bicyclic) bond motifs is 1. The minimum Gasteiger partial charge on any atom is -0.357 e. The van der Waals surface area contributed by atoms with E-state index in [4.69, 9.17) is 0 Å². The monoisotopic (exact) mass is 317 g/mol. The van der Waals surface area contributed by atoms with Gasteiger partial charge in [-0.15, -0.1) is 16.8 Å². The van der Waals surface area contributed by atoms with E-state index in [0.29, 0.717) is 6.54 Å². The molecule has 3 aromatic rings. The first-order valence-corrected chi connectivity index (χ1v) is 8.30. The van der Waals surface area contributed by atoms with Gasteiger partial charge in [0.05, 0.1) is 5.69 Å². The molecule has 7 heteroatoms. The lowest BCUT2D eigenvalue weighted by molar-refractivity contribution is 1.01. The molecule has 0 unspecified atom stereocenters. The predicted molar refractivity (Wildman–Crippen MR) is 88.1 cm³/mol. The summed E-state index contributed by atoms with van der Waals surface area (Å²) in [6.45, 7) is 6.44. The molecule has 0 amide bonds. The molecule has 1 N–H and O–H groups in total. The van der Waals surface area contributed by atoms with Crippen LogP contribution in [-0.2, 0) is 5.75 Å². The van der Waals surface area contributed by atoms with Crippen LogP contribution in [0.4, 0.5) is 5.13 Å². The minimum atomic E-state index is 0.699. The number of nitrogens with zero attached hydrogens (tertiary/aromatic N) is 4. The Labute approximate surface area is 131 Å². The molecular weight excluding hydrogens is 302 g/mol. The van der Waals surface area contributed by atoms with Crippen LogP contribution in [0.3, 0.4) is 0 Å². The van der Waals surface area contributed by atoms with Crippen LogP contribution in [0.1, 0.15) is 11.3 Å². The van der Waals surface area contributed by atoms with Crippen LogP contribution >= 0.6 is 23.1 Å². The molecule has 3 heterocycles. The second-order valence-corrected chi connectivity index (χ2v) is 6.74. The summed E-state index contributed by atoms with van der Waals surface area (Å²) in [5.41, 5.74) is 3.24. The fourth-order valence-corrected chi connectivity index (χ4v) is 3.50. The first kappa shape index (κ1) is 14.1. The highest BCUT2D eigenvalue weighted by Gasteiger charge is 2.07. The number of anilines is 1. The van der Waals surface area contributed by atoms with E-state index in [0.717, 1.165) is 26.6 Å². The number of hydrogen-bond acceptors (Lipinski definition) is 6. The molecule has 0 saturated carbocycles. The molecule has 0 aliphatic rings. The van der Waals surface area contributed by atoms with Crippen LogP contribution in [0, 0.1) is 6.92 Å². The lowest BCUT2D eigenvalue weighted by Gasteiger charge is -1.93. The van der Waals surface area contributed by atoms with Gasteiger partial charge in [-0.05, 0) is 18.6 Å². The van der Waals surface area contributed by atoms with Crippen LogP contribution in [-0.4, -0.2) is 26.1 Å². The van der Waals surface area contributed by atoms with E-state index in [1.165, 1.54) is 5.56 Å². The maximum atomic E-state index is 4.59. The van der Waals surface area contributed by atoms with Gasteiger partial charge in [0.2, 0.25) is 5.13 Å². The molecule has 0 fully saturated rings. The lowest BCUT2D eigenvalue weighted by atomic mass is 10.3. The number of hydrogen-bond donors (Lipinski definition) is 1. The summed E-state index contributed by atoms with van der Waals surface area (Å²) in [5.74, 6) is 0.789. The topological polar surface area (TPSA) is 55.1 Å². The molecule has 5 nitrogen and oxygen atoms in total. The Morgan fingerprint density at radius 3 is 3.14 bits per heavy atom. The third-order valence-corrected chi connectivity index (χ3v) is 4.84. The van der Waals surface area contributed by atoms with E-state index in [2.05, 4.69) is 56.9 Å². The standard InChI is InChI=1S/C14H15N5S2/c1-3-6-15-13-17-18-14(21-13)20-9-11-8-19-7-10(2)4-5-12(19)16-11/h3-5,7-8H,1,6,9H2,2H3,(H,15,17). The number of thioether (sulfide) groups is 1. The Bertz CT molecular complexity index is 762. The Morgan fingerprint density at radius 1 is 1.38 bits per heavy atom. The molecule has 0 bridgehead atoms. The van der Waals surface area contributed by atoms with E-state index in [1.807, 2.05) is 6.07 Å². The van der Waals surface area contributed by atoms with E-state index >= 15 is 0 Å². The third kappa shape index (κ3) is 3.43. The highest BCUT2D eigenvalue weighted by atomic mass is 32.2. The van der Waals surface area contributed by atoms with E-state index in [1.54, 1.807) is 29.2 Å². The van der Waals surface area contributed by atoms with Gasteiger partial charge < -0.3 is 9.72 Å². The van der Waals surface area contributed by atoms with Gasteiger partial charge in [0.25, 0.3) is 0 Å². The summed E-state index contributed by atoms with van der Waals surface area (Å²) >= 11 is 3.20. The maximum Gasteiger partial charge on any atom is 0.206 e. The number of aryl methyl sites for hydroxylation is 1. The van der Waals surface area contributed by atoms with Crippen molar-refractivity contribution in [1.29, 1.82) is 0 Å². The van der Waals surface area contributed by atoms with Crippen molar-refractivity contribution >= 4 is 33.9 Å². The molecule has 0 aliphatic heterocycles. The van der Waals surface area contributed by atoms with Crippen LogP contribution in [0.2, 0.25) is 0 Å². The second-order valence-electron chi connectivity index (χ2n) is 4.54. The van der Waals surface area contributed by atoms with Gasteiger partial charge in [-0.1, -0.05) is 35.2 Å². The third-order valence-electron chi connectivity index (χ3n) is 2.80. The number of pyridine rings is 1. The Kier molecular flexibility index (Phi) is 4.21. The fraction of sp³-hybridized carbons (Fsp3) is 0.214. The quantitative estimate of drug-likeness (QED) is 0.558. The van der Waals surface area contributed by atoms with Gasteiger partial charge >= 0.3 is 0 Å². The maximum absolute atomic E-state index is 4.59. The highest BCUT2D eigenvalue weighted by molar-refractivity contribution is 8.00. The van der Waals surface area contributed by atoms with Crippen molar-refractivity contribution < 1.29 is 0 Å². The molecule has 3 rings (SSSR count). The summed E-state index contributed by atoms with van der Waals surface area (Å²) in [5, 5.41) is 12.2. The normalized spacial score (nSPS) is 10.9. The van der Waals surface area contributed by atoms with Crippen molar-refractivity contribution in [3.8, 4) is 0 Å². The van der Waals surface area contributed by atoms with Crippen molar-refractivity contribution in [2.45, 2.75) is 17.0 Å². The largest absolute Gasteiger partial charge is 0.357 e. The van der Waals surface area contributed by atoms with Crippen molar-refractivity contribution in [3.05, 3.63) is 48.4 Å². The first-order chi connectivity index (χ1) is 10.2. The van der Waals surface area contributed by atoms with Gasteiger partial charge in [0.15, 0.2) is 4.34 Å². The van der Waals surface area contributed by atoms with Gasteiger partial charge in [-0.3, -0.25) is 0 Å². The molecule has 3 aromatic heterocycles. The Balaban J connectivity index is 1.65. The van der Waals surface area contributed by atoms with Crippen LogP contribution in [0.15, 0.2) is 41.5 Å². The van der Waals surface area contributed by atoms with E-state index in [-0.39, 0.29) is 0 Å². The zero-order valence-corrected chi connectivity index (χ0v) is 13.2. The SMILES string of the molecule is C=CCNc1nnc(SCc2cn3cc(C)ccc3n2)s1. The van der Waals surface area contributed by atoms with Gasteiger partial charge in [0.1, 0.15) is 5.65 Å². The Morgan fingerprint density at radius 2 is 2.29 bits per heavy atom. The van der Waals surface area contributed by atoms with Crippen molar-refractivity contribution in [1.82, 2.24) is 19.6 Å². The zero-order valence-electron chi connectivity index (χ0n) is 11.6. The fourth-order valence-electron chi connectivity index (χ4n) is 1.86. The summed E-state index contributed by atoms with van der Waals surface area (Å²) < 4.78 is 3.00. The molecule has 0 atom stereocenters. The average Bonchev–Trinajstić information content (AvgIpc) is 3.08. The Hall–Kier alpha value is -1.86. The highest BCUT2D eigenvalue weighted by Crippen LogP contribution is 2.28. The van der Waals surface area contributed by atoms with Crippen LogP contribution in [0.5, 0.6) is 0 Å². The smallest absolute Gasteiger partial charge is 0.206 e. The number of imidazole rings is 1. The van der Waals surface area contributed by atoms with E-state index in [9.17, 15) is 0 Å². The number of rotatable bonds is 6. The molecule has 0 aromatic carbocycles. The molecule has 0 saturated heterocycles. The predicted octanol–water partition coefficient (Wildman–Crippen LogP) is 3.38. The average molecular weight is 317 g/mol. The summed E-state index contributed by atoms with van der Waals surface area (Å²) in [4.78, 5) is 4.59. The summed E-state index contributed by atoms with van der Waals surface area (Å²) in [6.07, 6.45) is 5.94. The van der Waals surface area contributed by atoms with Gasteiger partial charge in [-0.25, -0.2) is 4.98 Å². The van der Waals surface area contributed by atoms with E-state index < -0.39 is 0 Å². The molecule has 108 valence electrons. The van der Waals surface area contributed by atoms with Crippen LogP contribution in [0.25, 0.3) is 5.65 Å². The zero-order chi connectivity index (χ0) is 14.7. The van der Waals surface area contributed by atoms with Gasteiger partial charge in [0, 0.05) is 24.7 Å². The molecule has 0 spiro atoms.